The van der Waals surface area contributed by atoms with Gasteiger partial charge in [0.15, 0.2) is 75.3 Å². The Morgan fingerprint density at radius 3 is 1.12 bits per heavy atom. The first-order valence-electron chi connectivity index (χ1n) is 38.7. The molecule has 130 heavy (non-hydrogen) atoms. The van der Waals surface area contributed by atoms with Crippen molar-refractivity contribution in [2.45, 2.75) is 6.18 Å². The van der Waals surface area contributed by atoms with Crippen LogP contribution < -0.4 is 87.5 Å². The summed E-state index contributed by atoms with van der Waals surface area (Å²) in [6.07, 6.45) is 4.30. The van der Waals surface area contributed by atoms with Crippen molar-refractivity contribution in [1.29, 1.82) is 5.26 Å². The SMILES string of the molecule is C=CC(=C)Nc1ccc(Nc2nc(Nc3ccc(OCCOC)c(F)c3)ncc2F)cc1.C=CC(=O)Nc1cccc(Nc2nc(Nc3ccc(OCCOC)c(F)c3)ncc2C#N)c1.C=CC(=O)Nc1cccc(Nc2nc(Nc3ccc(OCCOC)c(F)c3)ncc2C(F)(F)F)c1.C=CC(=O)Nc1cccc(Nc2nc(Nc3ccc4c(c3)OCCO4)ncc2F)c1. The molecule has 670 valence electrons. The molecule has 0 bridgehead atoms. The van der Waals surface area contributed by atoms with Crippen LogP contribution in [-0.4, -0.2) is 132 Å². The van der Waals surface area contributed by atoms with Gasteiger partial charge in [-0.05, 0) is 152 Å². The molecule has 0 atom stereocenters. The summed E-state index contributed by atoms with van der Waals surface area (Å²) in [6, 6.07) is 46.7. The van der Waals surface area contributed by atoms with Gasteiger partial charge >= 0.3 is 6.18 Å². The Morgan fingerprint density at radius 1 is 0.385 bits per heavy atom. The number of aromatic nitrogens is 8. The summed E-state index contributed by atoms with van der Waals surface area (Å²) in [4.78, 5) is 66.8. The number of fused-ring (bicyclic) bond motifs is 1. The van der Waals surface area contributed by atoms with Crippen molar-refractivity contribution in [1.82, 2.24) is 39.9 Å². The number of halogens is 8. The molecule has 0 saturated carbocycles. The van der Waals surface area contributed by atoms with Crippen LogP contribution in [0.3, 0.4) is 0 Å². The Kier molecular flexibility index (Phi) is 35.2. The maximum absolute atomic E-state index is 14.3. The Balaban J connectivity index is 0.000000180. The normalized spacial score (nSPS) is 10.8. The molecule has 0 saturated heterocycles. The van der Waals surface area contributed by atoms with E-state index < -0.39 is 52.6 Å². The van der Waals surface area contributed by atoms with Crippen molar-refractivity contribution in [3.8, 4) is 34.8 Å². The third-order valence-corrected chi connectivity index (χ3v) is 16.9. The Hall–Kier alpha value is -16.8. The molecule has 12 aromatic rings. The lowest BCUT2D eigenvalue weighted by Crippen LogP contribution is -2.15. The Morgan fingerprint density at radius 2 is 0.723 bits per heavy atom. The average molecular weight is 1790 g/mol. The van der Waals surface area contributed by atoms with Gasteiger partial charge in [0, 0.05) is 126 Å². The van der Waals surface area contributed by atoms with Gasteiger partial charge in [-0.2, -0.15) is 38.4 Å². The second-order valence-electron chi connectivity index (χ2n) is 26.4. The van der Waals surface area contributed by atoms with Crippen LogP contribution in [0.5, 0.6) is 28.7 Å². The van der Waals surface area contributed by atoms with Crippen molar-refractivity contribution < 1.29 is 87.4 Å². The number of amides is 3. The summed E-state index contributed by atoms with van der Waals surface area (Å²) in [5.41, 5.74) is 5.60. The topological polar surface area (TPSA) is 396 Å². The van der Waals surface area contributed by atoms with Crippen LogP contribution in [0.2, 0.25) is 0 Å². The number of carbonyl (C=O) groups is 3. The number of allylic oxidation sites excluding steroid dienone is 1. The van der Waals surface area contributed by atoms with Crippen molar-refractivity contribution in [2.24, 2.45) is 0 Å². The summed E-state index contributed by atoms with van der Waals surface area (Å²) in [5.74, 6) is -2.84. The van der Waals surface area contributed by atoms with Crippen molar-refractivity contribution in [2.75, 3.05) is 138 Å². The number of nitriles is 1. The number of methoxy groups -OCH3 is 3. The molecule has 4 aromatic heterocycles. The fourth-order valence-corrected chi connectivity index (χ4v) is 10.8. The van der Waals surface area contributed by atoms with Gasteiger partial charge < -0.3 is 102 Å². The van der Waals surface area contributed by atoms with E-state index in [0.717, 1.165) is 36.3 Å². The highest BCUT2D eigenvalue weighted by atomic mass is 19.4. The van der Waals surface area contributed by atoms with E-state index >= 15 is 0 Å². The zero-order valence-electron chi connectivity index (χ0n) is 69.5. The summed E-state index contributed by atoms with van der Waals surface area (Å²) < 4.78 is 153. The lowest BCUT2D eigenvalue weighted by Gasteiger charge is -2.19. The molecule has 8 aromatic carbocycles. The second-order valence-corrected chi connectivity index (χ2v) is 26.4. The summed E-state index contributed by atoms with van der Waals surface area (Å²) in [6.45, 7) is 20.2. The zero-order valence-corrected chi connectivity index (χ0v) is 69.5. The number of benzene rings is 8. The van der Waals surface area contributed by atoms with Crippen LogP contribution in [0.4, 0.5) is 150 Å². The predicted molar refractivity (Wildman–Crippen MR) is 478 cm³/mol. The lowest BCUT2D eigenvalue weighted by molar-refractivity contribution is -0.137. The van der Waals surface area contributed by atoms with E-state index in [4.69, 9.17) is 37.9 Å². The van der Waals surface area contributed by atoms with Gasteiger partial charge in [0.25, 0.3) is 0 Å². The highest BCUT2D eigenvalue weighted by Gasteiger charge is 2.36. The minimum atomic E-state index is -4.75. The van der Waals surface area contributed by atoms with E-state index in [1.54, 1.807) is 115 Å². The van der Waals surface area contributed by atoms with Crippen LogP contribution in [0.1, 0.15) is 11.1 Å². The first-order valence-corrected chi connectivity index (χ1v) is 38.7. The van der Waals surface area contributed by atoms with Crippen LogP contribution in [0.15, 0.2) is 258 Å². The van der Waals surface area contributed by atoms with Crippen LogP contribution in [0.25, 0.3) is 0 Å². The number of hydrogen-bond acceptors (Lipinski definition) is 29. The summed E-state index contributed by atoms with van der Waals surface area (Å²) in [5, 5.41) is 43.1. The number of carbonyl (C=O) groups excluding carboxylic acids is 3. The first kappa shape index (κ1) is 95.4. The van der Waals surface area contributed by atoms with Gasteiger partial charge in [-0.15, -0.1) is 0 Å². The average Bonchev–Trinajstić information content (AvgIpc) is 0.804. The van der Waals surface area contributed by atoms with Gasteiger partial charge in [-0.1, -0.05) is 51.1 Å². The molecule has 40 heteroatoms. The van der Waals surface area contributed by atoms with Gasteiger partial charge in [0.05, 0.1) is 38.4 Å². The standard InChI is InChI=1S/C23H21F4N5O3.C23H23F2N5O2.C23H21FN6O3.C21H18FN5O3/c1-3-20(33)29-14-5-4-6-15(11-14)30-21-17(23(25,26)27)13-28-22(32-21)31-16-7-8-19(18(24)12-16)35-10-9-34-2;1-4-15(2)27-16-5-7-17(8-6-16)28-22-20(25)14-26-23(30-22)29-18-9-10-21(19(24)13-18)32-12-11-31-3;1-3-21(31)27-16-5-4-6-17(11-16)28-22-15(13-25)14-26-23(30-22)29-18-7-8-20(19(24)12-18)33-10-9-32-2;1-2-19(28)24-13-4-3-5-14(10-13)25-20-16(22)12-23-21(27-20)26-15-6-7-17-18(11-15)30-9-8-29-17/h3-8,11-13H,1,9-10H2,2H3,(H,29,33)(H2,28,30,31,32);4-10,13-14,27H,1-2,11-12H2,3H3,(H2,26,28,29,30);3-8,11-12,14H,1,9-10H2,2H3,(H,27,31)(H2,26,28,29,30);2-7,10-12H,1,8-9H2,(H,24,28)(H2,23,25,26,27). The quantitative estimate of drug-likeness (QED) is 0.00744. The first-order chi connectivity index (χ1) is 62.8. The number of hydrogen-bond donors (Lipinski definition) is 12. The summed E-state index contributed by atoms with van der Waals surface area (Å²) in [7, 11) is 4.55. The highest BCUT2D eigenvalue weighted by molar-refractivity contribution is 6.00. The predicted octanol–water partition coefficient (Wildman–Crippen LogP) is 18.8. The summed E-state index contributed by atoms with van der Waals surface area (Å²) >= 11 is 0. The molecule has 0 unspecified atom stereocenters. The second kappa shape index (κ2) is 47.9. The molecule has 1 aliphatic heterocycles. The minimum Gasteiger partial charge on any atom is -0.488 e. The van der Waals surface area contributed by atoms with Gasteiger partial charge in [0.1, 0.15) is 56.0 Å². The fraction of sp³-hybridized carbons (Fsp3) is 0.133. The lowest BCUT2D eigenvalue weighted by atomic mass is 10.2. The number of anilines is 20. The number of rotatable bonds is 37. The molecule has 0 aliphatic carbocycles. The molecule has 0 fully saturated rings. The molecule has 12 N–H and O–H groups in total. The third kappa shape index (κ3) is 29.7. The molecule has 5 heterocycles. The van der Waals surface area contributed by atoms with E-state index in [1.165, 1.54) is 88.2 Å². The smallest absolute Gasteiger partial charge is 0.421 e. The third-order valence-electron chi connectivity index (χ3n) is 16.9. The van der Waals surface area contributed by atoms with Crippen LogP contribution >= 0.6 is 0 Å². The van der Waals surface area contributed by atoms with E-state index in [9.17, 15) is 54.8 Å². The molecule has 3 amide bonds. The Bertz CT molecular complexity index is 6040. The van der Waals surface area contributed by atoms with Crippen LogP contribution in [-0.2, 0) is 34.8 Å². The van der Waals surface area contributed by atoms with Crippen molar-refractivity contribution >= 4 is 133 Å². The molecular formula is C90H83F8N21O11. The highest BCUT2D eigenvalue weighted by Crippen LogP contribution is 2.38. The zero-order chi connectivity index (χ0) is 92.9. The molecular weight excluding hydrogens is 1700 g/mol. The van der Waals surface area contributed by atoms with E-state index in [1.807, 2.05) is 6.07 Å². The number of ether oxygens (including phenoxy) is 8. The van der Waals surface area contributed by atoms with Crippen LogP contribution in [0, 0.1) is 40.4 Å². The van der Waals surface area contributed by atoms with Crippen molar-refractivity contribution in [3.05, 3.63) is 298 Å². The maximum atomic E-state index is 14.3. The number of nitrogens with zero attached hydrogens (tertiary/aromatic N) is 9. The fourth-order valence-electron chi connectivity index (χ4n) is 10.8. The number of nitrogens with one attached hydrogen (secondary N) is 12. The molecule has 32 nitrogen and oxygen atoms in total. The number of alkyl halides is 3. The molecule has 0 spiro atoms. The molecule has 0 radical (unpaired) electrons. The Labute approximate surface area is 739 Å². The minimum absolute atomic E-state index is 0.00767. The molecule has 1 aliphatic rings. The van der Waals surface area contributed by atoms with E-state index in [-0.39, 0.29) is 114 Å². The van der Waals surface area contributed by atoms with Crippen molar-refractivity contribution in [3.63, 3.8) is 0 Å². The largest absolute Gasteiger partial charge is 0.488 e. The van der Waals surface area contributed by atoms with Gasteiger partial charge in [-0.3, -0.25) is 14.4 Å². The van der Waals surface area contributed by atoms with Gasteiger partial charge in [-0.25, -0.2) is 41.9 Å². The van der Waals surface area contributed by atoms with E-state index in [0.29, 0.717) is 101 Å². The van der Waals surface area contributed by atoms with E-state index in [2.05, 4.69) is 137 Å². The molecule has 13 rings (SSSR count). The maximum Gasteiger partial charge on any atom is 0.421 e. The monoisotopic (exact) mass is 1790 g/mol. The van der Waals surface area contributed by atoms with Gasteiger partial charge in [0.2, 0.25) is 41.5 Å².